The molecule has 3 aliphatic rings. The Kier molecular flexibility index (Phi) is 7.22. The Balaban J connectivity index is 0.000000706. The molecule has 1 aliphatic carbocycles. The highest BCUT2D eigenvalue weighted by Crippen LogP contribution is 2.39. The van der Waals surface area contributed by atoms with Gasteiger partial charge in [0.1, 0.15) is 0 Å². The zero-order valence-corrected chi connectivity index (χ0v) is 16.1. The van der Waals surface area contributed by atoms with Crippen molar-refractivity contribution in [1.29, 1.82) is 0 Å². The van der Waals surface area contributed by atoms with Crippen molar-refractivity contribution in [3.05, 3.63) is 24.5 Å². The molecule has 0 radical (unpaired) electrons. The highest BCUT2D eigenvalue weighted by Gasteiger charge is 2.44. The van der Waals surface area contributed by atoms with Gasteiger partial charge in [-0.25, -0.2) is 0 Å². The van der Waals surface area contributed by atoms with Crippen molar-refractivity contribution in [3.63, 3.8) is 0 Å². The largest absolute Gasteiger partial charge is 0.483 e. The minimum Gasteiger partial charge on any atom is -0.483 e. The number of aliphatic hydroxyl groups excluding tert-OH is 1. The fourth-order valence-corrected chi connectivity index (χ4v) is 4.83. The first-order valence-electron chi connectivity index (χ1n) is 10.0. The second kappa shape index (κ2) is 9.84. The second-order valence-electron chi connectivity index (χ2n) is 7.87. The zero-order chi connectivity index (χ0) is 19.9. The SMILES string of the molecule is O=C(CNc1cccnc1)N1C[C@H]2C[C@@H](N3CCCC3)[C@H](O)C[C@H]2C1.O=CO. The summed E-state index contributed by atoms with van der Waals surface area (Å²) in [5.41, 5.74) is 0.872. The number of fused-ring (bicyclic) bond motifs is 1. The van der Waals surface area contributed by atoms with Crippen molar-refractivity contribution in [3.8, 4) is 0 Å². The van der Waals surface area contributed by atoms with E-state index < -0.39 is 0 Å². The van der Waals surface area contributed by atoms with E-state index in [0.717, 1.165) is 44.7 Å². The van der Waals surface area contributed by atoms with Gasteiger partial charge < -0.3 is 20.4 Å². The van der Waals surface area contributed by atoms with Crippen molar-refractivity contribution in [2.75, 3.05) is 38.0 Å². The van der Waals surface area contributed by atoms with E-state index in [2.05, 4.69) is 15.2 Å². The summed E-state index contributed by atoms with van der Waals surface area (Å²) in [6.07, 6.45) is 7.60. The van der Waals surface area contributed by atoms with Crippen molar-refractivity contribution >= 4 is 18.1 Å². The molecule has 8 nitrogen and oxygen atoms in total. The van der Waals surface area contributed by atoms with Crippen LogP contribution in [-0.2, 0) is 9.59 Å². The van der Waals surface area contributed by atoms with E-state index in [1.807, 2.05) is 17.0 Å². The number of nitrogens with one attached hydrogen (secondary N) is 1. The molecule has 154 valence electrons. The lowest BCUT2D eigenvalue weighted by Gasteiger charge is -2.40. The normalized spacial score (nSPS) is 29.5. The Hall–Kier alpha value is -2.19. The summed E-state index contributed by atoms with van der Waals surface area (Å²) in [4.78, 5) is 29.4. The molecule has 1 saturated carbocycles. The highest BCUT2D eigenvalue weighted by atomic mass is 16.3. The van der Waals surface area contributed by atoms with Gasteiger partial charge in [-0.05, 0) is 62.7 Å². The molecule has 3 fully saturated rings. The van der Waals surface area contributed by atoms with E-state index in [1.165, 1.54) is 12.8 Å². The standard InChI is InChI=1S/C19H28N4O2.CH2O2/c24-18-9-15-13-23(19(25)11-21-16-4-3-5-20-10-16)12-14(15)8-17(18)22-6-1-2-7-22;2-1-3/h3-5,10,14-15,17-18,21,24H,1-2,6-9,11-13H2;1H,(H,2,3)/t14-,15+,17-,18-;/m1./s1. The lowest BCUT2D eigenvalue weighted by Crippen LogP contribution is -2.48. The fourth-order valence-electron chi connectivity index (χ4n) is 4.83. The van der Waals surface area contributed by atoms with Crippen LogP contribution in [0.15, 0.2) is 24.5 Å². The van der Waals surface area contributed by atoms with Gasteiger partial charge in [0, 0.05) is 31.5 Å². The predicted molar refractivity (Wildman–Crippen MR) is 105 cm³/mol. The quantitative estimate of drug-likeness (QED) is 0.656. The van der Waals surface area contributed by atoms with Crippen molar-refractivity contribution in [2.45, 2.75) is 37.8 Å². The molecule has 4 atom stereocenters. The van der Waals surface area contributed by atoms with Crippen molar-refractivity contribution < 1.29 is 19.8 Å². The number of carbonyl (C=O) groups is 2. The Morgan fingerprint density at radius 1 is 1.25 bits per heavy atom. The topological polar surface area (TPSA) is 106 Å². The average Bonchev–Trinajstić information content (AvgIpc) is 3.36. The van der Waals surface area contributed by atoms with E-state index in [0.29, 0.717) is 24.4 Å². The third-order valence-electron chi connectivity index (χ3n) is 6.18. The van der Waals surface area contributed by atoms with E-state index in [1.54, 1.807) is 12.4 Å². The molecule has 8 heteroatoms. The van der Waals surface area contributed by atoms with E-state index in [9.17, 15) is 9.90 Å². The van der Waals surface area contributed by atoms with Gasteiger partial charge in [0.25, 0.3) is 6.47 Å². The van der Waals surface area contributed by atoms with Crippen LogP contribution in [-0.4, -0.2) is 82.2 Å². The molecule has 0 spiro atoms. The summed E-state index contributed by atoms with van der Waals surface area (Å²) in [7, 11) is 0. The maximum Gasteiger partial charge on any atom is 0.290 e. The number of nitrogens with zero attached hydrogens (tertiary/aromatic N) is 3. The molecule has 4 rings (SSSR count). The minimum absolute atomic E-state index is 0.144. The molecule has 3 N–H and O–H groups in total. The molecule has 1 aromatic heterocycles. The number of hydrogen-bond acceptors (Lipinski definition) is 6. The number of anilines is 1. The summed E-state index contributed by atoms with van der Waals surface area (Å²) in [6.45, 7) is 3.94. The summed E-state index contributed by atoms with van der Waals surface area (Å²) >= 11 is 0. The third kappa shape index (κ3) is 4.99. The number of aromatic nitrogens is 1. The molecule has 2 saturated heterocycles. The van der Waals surface area contributed by atoms with Crippen LogP contribution in [0.25, 0.3) is 0 Å². The van der Waals surface area contributed by atoms with Crippen molar-refractivity contribution in [2.24, 2.45) is 11.8 Å². The van der Waals surface area contributed by atoms with Crippen molar-refractivity contribution in [1.82, 2.24) is 14.8 Å². The number of pyridine rings is 1. The van der Waals surface area contributed by atoms with E-state index >= 15 is 0 Å². The van der Waals surface area contributed by atoms with Crippen LogP contribution < -0.4 is 5.32 Å². The number of hydrogen-bond donors (Lipinski definition) is 3. The van der Waals surface area contributed by atoms with Crippen LogP contribution in [0, 0.1) is 11.8 Å². The average molecular weight is 390 g/mol. The summed E-state index contributed by atoms with van der Waals surface area (Å²) in [5, 5.41) is 20.6. The fraction of sp³-hybridized carbons (Fsp3) is 0.650. The first-order chi connectivity index (χ1) is 13.6. The smallest absolute Gasteiger partial charge is 0.290 e. The zero-order valence-electron chi connectivity index (χ0n) is 16.1. The summed E-state index contributed by atoms with van der Waals surface area (Å²) < 4.78 is 0. The summed E-state index contributed by atoms with van der Waals surface area (Å²) in [5.74, 6) is 1.14. The molecule has 2 aliphatic heterocycles. The van der Waals surface area contributed by atoms with Gasteiger partial charge in [-0.2, -0.15) is 0 Å². The van der Waals surface area contributed by atoms with Gasteiger partial charge >= 0.3 is 0 Å². The Bertz CT molecular complexity index is 638. The van der Waals surface area contributed by atoms with E-state index in [4.69, 9.17) is 9.90 Å². The molecule has 28 heavy (non-hydrogen) atoms. The lowest BCUT2D eigenvalue weighted by molar-refractivity contribution is -0.128. The lowest BCUT2D eigenvalue weighted by atomic mass is 9.77. The van der Waals surface area contributed by atoms with Crippen LogP contribution in [0.4, 0.5) is 5.69 Å². The molecule has 3 heterocycles. The van der Waals surface area contributed by atoms with Gasteiger partial charge in [0.2, 0.25) is 5.91 Å². The number of carboxylic acid groups (broad SMARTS) is 1. The first-order valence-corrected chi connectivity index (χ1v) is 10.0. The number of carbonyl (C=O) groups excluding carboxylic acids is 1. The van der Waals surface area contributed by atoms with Gasteiger partial charge in [-0.15, -0.1) is 0 Å². The van der Waals surface area contributed by atoms with E-state index in [-0.39, 0.29) is 18.5 Å². The minimum atomic E-state index is -0.250. The maximum atomic E-state index is 12.6. The van der Waals surface area contributed by atoms with Gasteiger partial charge in [0.15, 0.2) is 0 Å². The number of amides is 1. The van der Waals surface area contributed by atoms with Gasteiger partial charge in [0.05, 0.1) is 18.3 Å². The molecule has 0 aromatic carbocycles. The van der Waals surface area contributed by atoms with Crippen LogP contribution in [0.1, 0.15) is 25.7 Å². The van der Waals surface area contributed by atoms with Crippen LogP contribution in [0.3, 0.4) is 0 Å². The van der Waals surface area contributed by atoms with Gasteiger partial charge in [-0.3, -0.25) is 19.5 Å². The third-order valence-corrected chi connectivity index (χ3v) is 6.18. The Morgan fingerprint density at radius 2 is 1.93 bits per heavy atom. The molecular formula is C20H30N4O4. The Labute approximate surface area is 165 Å². The molecule has 1 aromatic rings. The number of aliphatic hydroxyl groups is 1. The monoisotopic (exact) mass is 390 g/mol. The Morgan fingerprint density at radius 3 is 2.57 bits per heavy atom. The van der Waals surface area contributed by atoms with Gasteiger partial charge in [-0.1, -0.05) is 0 Å². The highest BCUT2D eigenvalue weighted by molar-refractivity contribution is 5.81. The summed E-state index contributed by atoms with van der Waals surface area (Å²) in [6, 6.07) is 4.07. The van der Waals surface area contributed by atoms with Crippen LogP contribution in [0.5, 0.6) is 0 Å². The van der Waals surface area contributed by atoms with Crippen LogP contribution in [0.2, 0.25) is 0 Å². The molecular weight excluding hydrogens is 360 g/mol. The predicted octanol–water partition coefficient (Wildman–Crippen LogP) is 0.888. The first kappa shape index (κ1) is 20.5. The molecule has 0 unspecified atom stereocenters. The maximum absolute atomic E-state index is 12.6. The second-order valence-corrected chi connectivity index (χ2v) is 7.87. The van der Waals surface area contributed by atoms with Crippen LogP contribution >= 0.6 is 0 Å². The molecule has 1 amide bonds. The number of rotatable bonds is 4. The number of likely N-dealkylation sites (tertiary alicyclic amines) is 2. The molecule has 0 bridgehead atoms.